The zero-order valence-corrected chi connectivity index (χ0v) is 12.8. The number of hydrogen-bond acceptors (Lipinski definition) is 6. The molecule has 1 aromatic heterocycles. The van der Waals surface area contributed by atoms with E-state index in [1.807, 2.05) is 13.8 Å². The van der Waals surface area contributed by atoms with Crippen molar-refractivity contribution in [2.45, 2.75) is 19.9 Å². The van der Waals surface area contributed by atoms with Gasteiger partial charge < -0.3 is 15.0 Å². The van der Waals surface area contributed by atoms with Crippen molar-refractivity contribution in [3.8, 4) is 0 Å². The molecule has 0 atom stereocenters. The average molecular weight is 306 g/mol. The lowest BCUT2D eigenvalue weighted by atomic mass is 10.4. The number of aromatic nitrogens is 1. The van der Waals surface area contributed by atoms with Gasteiger partial charge in [0.25, 0.3) is 0 Å². The van der Waals surface area contributed by atoms with Gasteiger partial charge in [0.15, 0.2) is 15.2 Å². The number of hydrogen-bond donors (Lipinski definition) is 1. The molecule has 1 N–H and O–H groups in total. The summed E-state index contributed by atoms with van der Waals surface area (Å²) >= 11 is 6.94. The lowest BCUT2D eigenvalue weighted by molar-refractivity contribution is -0.120. The van der Waals surface area contributed by atoms with Crippen molar-refractivity contribution >= 4 is 39.9 Å². The van der Waals surface area contributed by atoms with E-state index in [4.69, 9.17) is 11.6 Å². The van der Waals surface area contributed by atoms with E-state index in [1.165, 1.54) is 7.11 Å². The summed E-state index contributed by atoms with van der Waals surface area (Å²) in [6, 6.07) is 0.0754. The molecule has 0 radical (unpaired) electrons. The molecular formula is C11H16ClN3O3S. The molecule has 0 unspecified atom stereocenters. The van der Waals surface area contributed by atoms with Crippen molar-refractivity contribution in [1.82, 2.24) is 10.3 Å². The van der Waals surface area contributed by atoms with Crippen LogP contribution in [0.4, 0.5) is 5.13 Å². The van der Waals surface area contributed by atoms with Crippen molar-refractivity contribution in [3.63, 3.8) is 0 Å². The third kappa shape index (κ3) is 4.36. The molecule has 0 fully saturated rings. The number of ether oxygens (including phenoxy) is 1. The summed E-state index contributed by atoms with van der Waals surface area (Å²) in [6.07, 6.45) is 0. The zero-order valence-electron chi connectivity index (χ0n) is 11.2. The fourth-order valence-corrected chi connectivity index (χ4v) is 2.48. The first-order valence-electron chi connectivity index (χ1n) is 5.60. The van der Waals surface area contributed by atoms with Gasteiger partial charge in [-0.3, -0.25) is 4.79 Å². The molecule has 0 saturated carbocycles. The van der Waals surface area contributed by atoms with Crippen LogP contribution in [0.5, 0.6) is 0 Å². The Labute approximate surface area is 120 Å². The number of carbonyl (C=O) groups excluding carboxylic acids is 2. The standard InChI is InChI=1S/C11H16ClN3O3S/c1-6(2)13-7(16)5-15(3)11-14-9(12)8(19-11)10(17)18-4/h6H,5H2,1-4H3,(H,13,16). The number of amides is 1. The van der Waals surface area contributed by atoms with Crippen LogP contribution in [0.15, 0.2) is 0 Å². The van der Waals surface area contributed by atoms with Gasteiger partial charge in [-0.15, -0.1) is 0 Å². The average Bonchev–Trinajstić information content (AvgIpc) is 2.69. The number of thiazole rings is 1. The van der Waals surface area contributed by atoms with Crippen molar-refractivity contribution in [1.29, 1.82) is 0 Å². The second kappa shape index (κ2) is 6.72. The third-order valence-corrected chi connectivity index (χ3v) is 3.64. The number of carbonyl (C=O) groups is 2. The lowest BCUT2D eigenvalue weighted by Crippen LogP contribution is -2.38. The largest absolute Gasteiger partial charge is 0.465 e. The molecule has 1 heterocycles. The highest BCUT2D eigenvalue weighted by molar-refractivity contribution is 7.18. The van der Waals surface area contributed by atoms with Gasteiger partial charge in [-0.1, -0.05) is 22.9 Å². The second-order valence-electron chi connectivity index (χ2n) is 4.19. The predicted molar refractivity (Wildman–Crippen MR) is 75.0 cm³/mol. The summed E-state index contributed by atoms with van der Waals surface area (Å²) in [5.41, 5.74) is 0. The van der Waals surface area contributed by atoms with Gasteiger partial charge in [-0.05, 0) is 13.8 Å². The summed E-state index contributed by atoms with van der Waals surface area (Å²) in [4.78, 5) is 28.9. The number of nitrogens with one attached hydrogen (secondary N) is 1. The van der Waals surface area contributed by atoms with Gasteiger partial charge in [0, 0.05) is 13.1 Å². The smallest absolute Gasteiger partial charge is 0.351 e. The first kappa shape index (κ1) is 15.7. The topological polar surface area (TPSA) is 71.5 Å². The van der Waals surface area contributed by atoms with E-state index in [0.717, 1.165) is 11.3 Å². The molecule has 19 heavy (non-hydrogen) atoms. The first-order chi connectivity index (χ1) is 8.85. The normalized spacial score (nSPS) is 10.4. The fraction of sp³-hybridized carbons (Fsp3) is 0.545. The third-order valence-electron chi connectivity index (χ3n) is 2.10. The summed E-state index contributed by atoms with van der Waals surface area (Å²) in [7, 11) is 2.98. The van der Waals surface area contributed by atoms with Crippen LogP contribution >= 0.6 is 22.9 Å². The van der Waals surface area contributed by atoms with Gasteiger partial charge in [0.2, 0.25) is 5.91 Å². The van der Waals surface area contributed by atoms with Gasteiger partial charge in [-0.25, -0.2) is 9.78 Å². The maximum atomic E-state index is 11.6. The van der Waals surface area contributed by atoms with Crippen molar-refractivity contribution in [2.24, 2.45) is 0 Å². The van der Waals surface area contributed by atoms with Crippen LogP contribution in [0.2, 0.25) is 5.15 Å². The molecule has 1 aromatic rings. The van der Waals surface area contributed by atoms with Crippen LogP contribution in [0.1, 0.15) is 23.5 Å². The molecule has 106 valence electrons. The number of rotatable bonds is 5. The Morgan fingerprint density at radius 3 is 2.68 bits per heavy atom. The van der Waals surface area contributed by atoms with E-state index in [9.17, 15) is 9.59 Å². The van der Waals surface area contributed by atoms with E-state index in [0.29, 0.717) is 5.13 Å². The van der Waals surface area contributed by atoms with Gasteiger partial charge in [-0.2, -0.15) is 0 Å². The minimum absolute atomic E-state index is 0.0754. The van der Waals surface area contributed by atoms with Crippen LogP contribution in [-0.4, -0.2) is 43.6 Å². The molecule has 1 rings (SSSR count). The summed E-state index contributed by atoms with van der Waals surface area (Å²) in [5, 5.41) is 3.35. The SMILES string of the molecule is COC(=O)c1sc(N(C)CC(=O)NC(C)C)nc1Cl. The number of esters is 1. The van der Waals surface area contributed by atoms with Crippen LogP contribution in [0.3, 0.4) is 0 Å². The van der Waals surface area contributed by atoms with E-state index in [1.54, 1.807) is 11.9 Å². The zero-order chi connectivity index (χ0) is 14.6. The molecule has 8 heteroatoms. The predicted octanol–water partition coefficient (Wildman–Crippen LogP) is 1.54. The number of nitrogens with zero attached hydrogens (tertiary/aromatic N) is 2. The maximum absolute atomic E-state index is 11.6. The summed E-state index contributed by atoms with van der Waals surface area (Å²) in [6.45, 7) is 3.91. The highest BCUT2D eigenvalue weighted by Crippen LogP contribution is 2.29. The van der Waals surface area contributed by atoms with E-state index in [-0.39, 0.29) is 28.5 Å². The van der Waals surface area contributed by atoms with Gasteiger partial charge in [0.05, 0.1) is 13.7 Å². The Morgan fingerprint density at radius 1 is 1.53 bits per heavy atom. The molecule has 0 aliphatic rings. The highest BCUT2D eigenvalue weighted by atomic mass is 35.5. The van der Waals surface area contributed by atoms with Crippen molar-refractivity contribution in [2.75, 3.05) is 25.6 Å². The monoisotopic (exact) mass is 305 g/mol. The summed E-state index contributed by atoms with van der Waals surface area (Å²) in [5.74, 6) is -0.655. The summed E-state index contributed by atoms with van der Waals surface area (Å²) < 4.78 is 4.59. The van der Waals surface area contributed by atoms with Crippen LogP contribution in [0.25, 0.3) is 0 Å². The van der Waals surface area contributed by atoms with Gasteiger partial charge >= 0.3 is 5.97 Å². The van der Waals surface area contributed by atoms with Crippen LogP contribution < -0.4 is 10.2 Å². The quantitative estimate of drug-likeness (QED) is 0.836. The molecule has 0 saturated heterocycles. The van der Waals surface area contributed by atoms with Gasteiger partial charge in [0.1, 0.15) is 0 Å². The Balaban J connectivity index is 2.75. The molecular weight excluding hydrogens is 290 g/mol. The fourth-order valence-electron chi connectivity index (χ4n) is 1.32. The molecule has 0 spiro atoms. The molecule has 1 amide bonds. The molecule has 6 nitrogen and oxygen atoms in total. The number of likely N-dealkylation sites (N-methyl/N-ethyl adjacent to an activating group) is 1. The number of anilines is 1. The molecule has 0 aliphatic carbocycles. The first-order valence-corrected chi connectivity index (χ1v) is 6.79. The molecule has 0 aromatic carbocycles. The van der Waals surface area contributed by atoms with E-state index >= 15 is 0 Å². The Hall–Kier alpha value is -1.34. The highest BCUT2D eigenvalue weighted by Gasteiger charge is 2.20. The second-order valence-corrected chi connectivity index (χ2v) is 5.52. The Bertz CT molecular complexity index is 476. The van der Waals surface area contributed by atoms with Crippen molar-refractivity contribution in [3.05, 3.63) is 10.0 Å². The van der Waals surface area contributed by atoms with Crippen LogP contribution in [0, 0.1) is 0 Å². The number of halogens is 1. The van der Waals surface area contributed by atoms with Crippen LogP contribution in [-0.2, 0) is 9.53 Å². The maximum Gasteiger partial charge on any atom is 0.351 e. The van der Waals surface area contributed by atoms with Crippen molar-refractivity contribution < 1.29 is 14.3 Å². The number of methoxy groups -OCH3 is 1. The lowest BCUT2D eigenvalue weighted by Gasteiger charge is -2.16. The Kier molecular flexibility index (Phi) is 5.56. The van der Waals surface area contributed by atoms with E-state index in [2.05, 4.69) is 15.0 Å². The van der Waals surface area contributed by atoms with E-state index < -0.39 is 5.97 Å². The molecule has 0 bridgehead atoms. The molecule has 0 aliphatic heterocycles. The Morgan fingerprint density at radius 2 is 2.16 bits per heavy atom. The minimum atomic E-state index is -0.534. The minimum Gasteiger partial charge on any atom is -0.465 e.